The zero-order valence-corrected chi connectivity index (χ0v) is 16.3. The van der Waals surface area contributed by atoms with Crippen molar-refractivity contribution in [3.05, 3.63) is 93.8 Å². The van der Waals surface area contributed by atoms with E-state index in [0.29, 0.717) is 32.0 Å². The third kappa shape index (κ3) is 3.43. The Bertz CT molecular complexity index is 1310. The van der Waals surface area contributed by atoms with Crippen molar-refractivity contribution in [1.82, 2.24) is 4.57 Å². The van der Waals surface area contributed by atoms with Crippen LogP contribution in [0.1, 0.15) is 21.5 Å². The number of nitrogens with two attached hydrogens (primary N) is 1. The van der Waals surface area contributed by atoms with Crippen LogP contribution in [0.4, 0.5) is 9.80 Å². The van der Waals surface area contributed by atoms with Gasteiger partial charge in [0.1, 0.15) is 9.83 Å². The SMILES string of the molecule is Cc1cccc(C(=O)c2c(NC(N)=O)sc3c2ccc(=O)n3-c2ccccc2)c1. The van der Waals surface area contributed by atoms with Gasteiger partial charge in [0.25, 0.3) is 5.56 Å². The van der Waals surface area contributed by atoms with Gasteiger partial charge in [-0.15, -0.1) is 0 Å². The number of urea groups is 1. The van der Waals surface area contributed by atoms with Crippen molar-refractivity contribution >= 4 is 38.4 Å². The van der Waals surface area contributed by atoms with Gasteiger partial charge in [0.05, 0.1) is 11.3 Å². The summed E-state index contributed by atoms with van der Waals surface area (Å²) in [4.78, 5) is 38.1. The summed E-state index contributed by atoms with van der Waals surface area (Å²) < 4.78 is 1.53. The van der Waals surface area contributed by atoms with Crippen molar-refractivity contribution in [2.45, 2.75) is 6.92 Å². The number of thiophene rings is 1. The van der Waals surface area contributed by atoms with E-state index in [2.05, 4.69) is 5.32 Å². The van der Waals surface area contributed by atoms with Crippen LogP contribution >= 0.6 is 11.3 Å². The maximum absolute atomic E-state index is 13.3. The van der Waals surface area contributed by atoms with Crippen LogP contribution in [0.15, 0.2) is 71.5 Å². The van der Waals surface area contributed by atoms with Crippen molar-refractivity contribution in [1.29, 1.82) is 0 Å². The van der Waals surface area contributed by atoms with Crippen molar-refractivity contribution in [3.8, 4) is 5.69 Å². The lowest BCUT2D eigenvalue weighted by molar-refractivity contribution is 0.104. The molecule has 144 valence electrons. The molecule has 7 heteroatoms. The van der Waals surface area contributed by atoms with Crippen LogP contribution < -0.4 is 16.6 Å². The van der Waals surface area contributed by atoms with Gasteiger partial charge >= 0.3 is 6.03 Å². The second kappa shape index (κ2) is 7.37. The van der Waals surface area contributed by atoms with Crippen molar-refractivity contribution in [2.75, 3.05) is 5.32 Å². The summed E-state index contributed by atoms with van der Waals surface area (Å²) in [7, 11) is 0. The predicted molar refractivity (Wildman–Crippen MR) is 115 cm³/mol. The third-order valence-corrected chi connectivity index (χ3v) is 5.61. The standard InChI is InChI=1S/C22H17N3O3S/c1-13-6-5-7-14(12-13)19(27)18-16-10-11-17(26)25(15-8-3-2-4-9-15)21(16)29-20(18)24-22(23)28/h2-12H,1H3,(H3,23,24,28). The lowest BCUT2D eigenvalue weighted by atomic mass is 10.0. The van der Waals surface area contributed by atoms with Crippen LogP contribution in [0.3, 0.4) is 0 Å². The zero-order valence-electron chi connectivity index (χ0n) is 15.5. The van der Waals surface area contributed by atoms with Gasteiger partial charge in [-0.3, -0.25) is 19.5 Å². The molecule has 0 fully saturated rings. The summed E-state index contributed by atoms with van der Waals surface area (Å²) in [5.74, 6) is -0.248. The quantitative estimate of drug-likeness (QED) is 0.503. The topological polar surface area (TPSA) is 94.2 Å². The summed E-state index contributed by atoms with van der Waals surface area (Å²) in [5.41, 5.74) is 7.53. The number of nitrogens with zero attached hydrogens (tertiary/aromatic N) is 1. The molecule has 0 aliphatic rings. The number of fused-ring (bicyclic) bond motifs is 1. The molecule has 2 aromatic carbocycles. The van der Waals surface area contributed by atoms with Gasteiger partial charge in [0.2, 0.25) is 0 Å². The molecule has 4 aromatic rings. The van der Waals surface area contributed by atoms with Crippen LogP contribution in [0.25, 0.3) is 15.9 Å². The van der Waals surface area contributed by atoms with Crippen LogP contribution in [0, 0.1) is 6.92 Å². The lowest BCUT2D eigenvalue weighted by Crippen LogP contribution is -2.20. The van der Waals surface area contributed by atoms with Gasteiger partial charge in [-0.1, -0.05) is 53.3 Å². The van der Waals surface area contributed by atoms with Crippen molar-refractivity contribution in [3.63, 3.8) is 0 Å². The highest BCUT2D eigenvalue weighted by molar-refractivity contribution is 7.23. The normalized spacial score (nSPS) is 10.8. The van der Waals surface area contributed by atoms with Gasteiger partial charge in [0, 0.05) is 17.0 Å². The number of ketones is 1. The van der Waals surface area contributed by atoms with Crippen molar-refractivity contribution in [2.24, 2.45) is 5.73 Å². The molecule has 0 spiro atoms. The van der Waals surface area contributed by atoms with Crippen LogP contribution in [-0.4, -0.2) is 16.4 Å². The van der Waals surface area contributed by atoms with E-state index in [-0.39, 0.29) is 11.3 Å². The van der Waals surface area contributed by atoms with Gasteiger partial charge in [-0.05, 0) is 31.2 Å². The Morgan fingerprint density at radius 2 is 1.76 bits per heavy atom. The highest BCUT2D eigenvalue weighted by Gasteiger charge is 2.23. The Morgan fingerprint density at radius 3 is 2.45 bits per heavy atom. The first kappa shape index (κ1) is 18.6. The predicted octanol–water partition coefficient (Wildman–Crippen LogP) is 4.08. The fourth-order valence-electron chi connectivity index (χ4n) is 3.26. The Kier molecular flexibility index (Phi) is 4.74. The van der Waals surface area contributed by atoms with E-state index in [9.17, 15) is 14.4 Å². The third-order valence-electron chi connectivity index (χ3n) is 4.50. The minimum Gasteiger partial charge on any atom is -0.351 e. The number of carbonyl (C=O) groups excluding carboxylic acids is 2. The second-order valence-corrected chi connectivity index (χ2v) is 7.55. The summed E-state index contributed by atoms with van der Waals surface area (Å²) in [6, 6.07) is 18.6. The number of anilines is 1. The first-order valence-corrected chi connectivity index (χ1v) is 9.69. The molecular formula is C22H17N3O3S. The molecule has 0 unspecified atom stereocenters. The molecule has 0 radical (unpaired) electrons. The lowest BCUT2D eigenvalue weighted by Gasteiger charge is -2.07. The highest BCUT2D eigenvalue weighted by atomic mass is 32.1. The Morgan fingerprint density at radius 1 is 1.00 bits per heavy atom. The zero-order chi connectivity index (χ0) is 20.5. The number of hydrogen-bond acceptors (Lipinski definition) is 4. The van der Waals surface area contributed by atoms with E-state index in [1.807, 2.05) is 43.3 Å². The number of hydrogen-bond donors (Lipinski definition) is 2. The first-order valence-electron chi connectivity index (χ1n) is 8.87. The number of carbonyl (C=O) groups is 2. The minimum absolute atomic E-state index is 0.231. The number of pyridine rings is 1. The molecule has 29 heavy (non-hydrogen) atoms. The average Bonchev–Trinajstić information content (AvgIpc) is 3.05. The number of aromatic nitrogens is 1. The van der Waals surface area contributed by atoms with E-state index in [0.717, 1.165) is 16.9 Å². The van der Waals surface area contributed by atoms with E-state index in [1.54, 1.807) is 24.3 Å². The largest absolute Gasteiger partial charge is 0.351 e. The Labute approximate surface area is 170 Å². The second-order valence-electron chi connectivity index (χ2n) is 6.56. The Hall–Kier alpha value is -3.71. The molecule has 0 saturated carbocycles. The molecule has 0 bridgehead atoms. The van der Waals surface area contributed by atoms with Gasteiger partial charge in [-0.2, -0.15) is 0 Å². The first-order chi connectivity index (χ1) is 14.0. The number of benzene rings is 2. The summed E-state index contributed by atoms with van der Waals surface area (Å²) in [6.07, 6.45) is 0. The summed E-state index contributed by atoms with van der Waals surface area (Å²) in [5, 5.41) is 3.44. The average molecular weight is 403 g/mol. The number of primary amides is 1. The van der Waals surface area contributed by atoms with E-state index in [1.165, 1.54) is 10.6 Å². The fourth-order valence-corrected chi connectivity index (χ4v) is 4.48. The molecular weight excluding hydrogens is 386 g/mol. The smallest absolute Gasteiger partial charge is 0.317 e. The molecule has 0 aliphatic carbocycles. The molecule has 0 saturated heterocycles. The number of rotatable bonds is 4. The molecule has 2 aromatic heterocycles. The van der Waals surface area contributed by atoms with Crippen molar-refractivity contribution < 1.29 is 9.59 Å². The highest BCUT2D eigenvalue weighted by Crippen LogP contribution is 2.37. The number of para-hydroxylation sites is 1. The van der Waals surface area contributed by atoms with Gasteiger partial charge < -0.3 is 5.73 Å². The van der Waals surface area contributed by atoms with E-state index >= 15 is 0 Å². The van der Waals surface area contributed by atoms with Gasteiger partial charge in [0.15, 0.2) is 5.78 Å². The summed E-state index contributed by atoms with van der Waals surface area (Å²) in [6.45, 7) is 1.90. The molecule has 4 rings (SSSR count). The van der Waals surface area contributed by atoms with Crippen LogP contribution in [0.2, 0.25) is 0 Å². The molecule has 3 N–H and O–H groups in total. The van der Waals surface area contributed by atoms with Crippen LogP contribution in [0.5, 0.6) is 0 Å². The number of aryl methyl sites for hydroxylation is 1. The number of nitrogens with one attached hydrogen (secondary N) is 1. The number of amides is 2. The maximum Gasteiger partial charge on any atom is 0.317 e. The van der Waals surface area contributed by atoms with E-state index in [4.69, 9.17) is 5.73 Å². The van der Waals surface area contributed by atoms with Crippen LogP contribution in [-0.2, 0) is 0 Å². The van der Waals surface area contributed by atoms with Gasteiger partial charge in [-0.25, -0.2) is 4.79 Å². The fraction of sp³-hybridized carbons (Fsp3) is 0.0455. The maximum atomic E-state index is 13.3. The molecule has 6 nitrogen and oxygen atoms in total. The molecule has 2 heterocycles. The minimum atomic E-state index is -0.775. The molecule has 2 amide bonds. The monoisotopic (exact) mass is 403 g/mol. The van der Waals surface area contributed by atoms with E-state index < -0.39 is 6.03 Å². The summed E-state index contributed by atoms with van der Waals surface area (Å²) >= 11 is 1.15. The Balaban J connectivity index is 2.02. The molecule has 0 atom stereocenters. The molecule has 0 aliphatic heterocycles.